The van der Waals surface area contributed by atoms with E-state index < -0.39 is 7.47 Å². The van der Waals surface area contributed by atoms with E-state index in [9.17, 15) is 13.4 Å². The lowest BCUT2D eigenvalue weighted by molar-refractivity contribution is 0.104. The van der Waals surface area contributed by atoms with E-state index >= 15 is 0 Å². The minimum atomic E-state index is -3.01. The van der Waals surface area contributed by atoms with Crippen LogP contribution in [0.2, 0.25) is 0 Å². The summed E-state index contributed by atoms with van der Waals surface area (Å²) >= 11 is 2.15. The number of H-pyrrole nitrogens is 2. The lowest BCUT2D eigenvalue weighted by Gasteiger charge is -2.10. The van der Waals surface area contributed by atoms with E-state index in [2.05, 4.69) is 32.6 Å². The molecule has 0 amide bonds. The highest BCUT2D eigenvalue weighted by Crippen LogP contribution is 2.29. The maximum atomic E-state index is 13.1. The Kier molecular flexibility index (Phi) is 7.70. The van der Waals surface area contributed by atoms with Gasteiger partial charge in [0, 0.05) is 12.3 Å². The first-order valence-corrected chi connectivity index (χ1v) is 10.2. The minimum absolute atomic E-state index is 0.126. The lowest BCUT2D eigenvalue weighted by atomic mass is 10.0. The van der Waals surface area contributed by atoms with Gasteiger partial charge in [-0.3, -0.25) is 4.79 Å². The van der Waals surface area contributed by atoms with Crippen LogP contribution in [0, 0.1) is 3.70 Å². The zero-order chi connectivity index (χ0) is 20.1. The molecule has 0 radical (unpaired) electrons. The number of carbonyl (C=O) groups excluding carboxylic acids is 1. The fraction of sp³-hybridized carbons (Fsp3) is 0.421. The molecule has 4 nitrogen and oxygen atoms in total. The first-order chi connectivity index (χ1) is 12.9. The monoisotopic (exact) mass is 488 g/mol. The van der Waals surface area contributed by atoms with Gasteiger partial charge in [-0.1, -0.05) is 27.7 Å². The van der Waals surface area contributed by atoms with Crippen LogP contribution in [-0.4, -0.2) is 23.2 Å². The molecule has 0 spiro atoms. The molecule has 0 fully saturated rings. The standard InChI is InChI=1S/C19H24BF2IN2O2/c1-5-11-10-24-17(12(11)6-2)15(26)9-16(27-20(21)22)18-13(7-3)14(8-4)19(23)25-18/h9-10,24-25H,5-8H2,1-4H3/b16-9+. The van der Waals surface area contributed by atoms with Gasteiger partial charge in [-0.25, -0.2) is 8.63 Å². The van der Waals surface area contributed by atoms with Crippen molar-refractivity contribution in [2.24, 2.45) is 0 Å². The first-order valence-electron chi connectivity index (χ1n) is 9.17. The Labute approximate surface area is 172 Å². The molecule has 2 heterocycles. The van der Waals surface area contributed by atoms with Gasteiger partial charge in [-0.05, 0) is 70.5 Å². The SMILES string of the molecule is CCc1c[nH]c(C(=O)/C=C(/OB(F)F)c2[nH]c(I)c(CC)c2CC)c1CC. The molecule has 2 aromatic heterocycles. The molecule has 0 atom stereocenters. The molecule has 0 unspecified atom stereocenters. The first kappa shape index (κ1) is 21.7. The molecule has 0 saturated carbocycles. The van der Waals surface area contributed by atoms with Crippen LogP contribution in [0.15, 0.2) is 12.3 Å². The summed E-state index contributed by atoms with van der Waals surface area (Å²) < 4.78 is 31.7. The number of rotatable bonds is 9. The van der Waals surface area contributed by atoms with Gasteiger partial charge in [0.25, 0.3) is 0 Å². The Bertz CT molecular complexity index is 843. The summed E-state index contributed by atoms with van der Waals surface area (Å²) in [5.41, 5.74) is 4.82. The number of hydrogen-bond acceptors (Lipinski definition) is 2. The fourth-order valence-corrected chi connectivity index (χ4v) is 4.38. The predicted octanol–water partition coefficient (Wildman–Crippen LogP) is 5.36. The number of aromatic amines is 2. The summed E-state index contributed by atoms with van der Waals surface area (Å²) in [5, 5.41) is 0. The van der Waals surface area contributed by atoms with Crippen LogP contribution < -0.4 is 0 Å². The van der Waals surface area contributed by atoms with Gasteiger partial charge in [-0.15, -0.1) is 0 Å². The number of ketones is 1. The Morgan fingerprint density at radius 3 is 2.22 bits per heavy atom. The largest absolute Gasteiger partial charge is 0.796 e. The second-order valence-electron chi connectivity index (χ2n) is 6.10. The highest BCUT2D eigenvalue weighted by Gasteiger charge is 2.26. The van der Waals surface area contributed by atoms with Crippen LogP contribution in [0.25, 0.3) is 5.76 Å². The molecule has 0 aromatic carbocycles. The van der Waals surface area contributed by atoms with Gasteiger partial charge in [0.15, 0.2) is 0 Å². The molecule has 0 aliphatic heterocycles. The number of carbonyl (C=O) groups is 1. The summed E-state index contributed by atoms with van der Waals surface area (Å²) in [6, 6.07) is 0. The van der Waals surface area contributed by atoms with Crippen LogP contribution >= 0.6 is 22.6 Å². The minimum Gasteiger partial charge on any atom is -0.503 e. The van der Waals surface area contributed by atoms with Crippen molar-refractivity contribution < 1.29 is 18.1 Å². The summed E-state index contributed by atoms with van der Waals surface area (Å²) in [5.74, 6) is -0.494. The summed E-state index contributed by atoms with van der Waals surface area (Å²) in [7, 11) is -3.01. The molecule has 0 aliphatic rings. The van der Waals surface area contributed by atoms with Crippen LogP contribution in [-0.2, 0) is 30.3 Å². The van der Waals surface area contributed by atoms with E-state index in [1.807, 2.05) is 27.7 Å². The van der Waals surface area contributed by atoms with E-state index in [0.717, 1.165) is 44.9 Å². The third-order valence-electron chi connectivity index (χ3n) is 4.66. The van der Waals surface area contributed by atoms with Crippen LogP contribution in [0.5, 0.6) is 0 Å². The van der Waals surface area contributed by atoms with E-state index in [1.165, 1.54) is 0 Å². The van der Waals surface area contributed by atoms with E-state index in [1.54, 1.807) is 6.20 Å². The van der Waals surface area contributed by atoms with Crippen LogP contribution in [0.3, 0.4) is 0 Å². The molecular weight excluding hydrogens is 464 g/mol. The summed E-state index contributed by atoms with van der Waals surface area (Å²) in [6.45, 7) is 7.95. The van der Waals surface area contributed by atoms with Crippen molar-refractivity contribution in [1.82, 2.24) is 9.97 Å². The Balaban J connectivity index is 2.54. The molecule has 8 heteroatoms. The number of aryl methyl sites for hydroxylation is 1. The number of hydrogen-bond donors (Lipinski definition) is 2. The molecule has 0 aliphatic carbocycles. The van der Waals surface area contributed by atoms with Gasteiger partial charge >= 0.3 is 7.47 Å². The smallest absolute Gasteiger partial charge is 0.503 e. The number of halogens is 3. The Morgan fingerprint density at radius 1 is 1.07 bits per heavy atom. The average Bonchev–Trinajstić information content (AvgIpc) is 3.20. The summed E-state index contributed by atoms with van der Waals surface area (Å²) in [6.07, 6.45) is 5.87. The van der Waals surface area contributed by atoms with Crippen LogP contribution in [0.4, 0.5) is 8.63 Å². The predicted molar refractivity (Wildman–Crippen MR) is 113 cm³/mol. The van der Waals surface area contributed by atoms with E-state index in [-0.39, 0.29) is 11.5 Å². The van der Waals surface area contributed by atoms with Crippen molar-refractivity contribution in [3.05, 3.63) is 49.6 Å². The Hall–Kier alpha value is -1.58. The maximum absolute atomic E-state index is 13.1. The molecule has 0 bridgehead atoms. The molecule has 27 heavy (non-hydrogen) atoms. The molecular formula is C19H24BF2IN2O2. The number of nitrogens with one attached hydrogen (secondary N) is 2. The number of aromatic nitrogens is 2. The molecule has 2 rings (SSSR count). The normalized spacial score (nSPS) is 11.7. The zero-order valence-electron chi connectivity index (χ0n) is 16.0. The third-order valence-corrected chi connectivity index (χ3v) is 5.58. The van der Waals surface area contributed by atoms with E-state index in [0.29, 0.717) is 24.2 Å². The zero-order valence-corrected chi connectivity index (χ0v) is 18.2. The van der Waals surface area contributed by atoms with Gasteiger partial charge in [0.2, 0.25) is 5.78 Å². The van der Waals surface area contributed by atoms with Crippen molar-refractivity contribution >= 4 is 41.6 Å². The van der Waals surface area contributed by atoms with Gasteiger partial charge < -0.3 is 14.6 Å². The van der Waals surface area contributed by atoms with Crippen molar-refractivity contribution in [1.29, 1.82) is 0 Å². The topological polar surface area (TPSA) is 57.9 Å². The second-order valence-corrected chi connectivity index (χ2v) is 7.18. The molecule has 0 saturated heterocycles. The summed E-state index contributed by atoms with van der Waals surface area (Å²) in [4.78, 5) is 18.9. The highest BCUT2D eigenvalue weighted by atomic mass is 127. The maximum Gasteiger partial charge on any atom is 0.796 e. The second kappa shape index (κ2) is 9.57. The average molecular weight is 488 g/mol. The molecule has 2 N–H and O–H groups in total. The Morgan fingerprint density at radius 2 is 1.70 bits per heavy atom. The van der Waals surface area contributed by atoms with Gasteiger partial charge in [0.05, 0.1) is 15.1 Å². The van der Waals surface area contributed by atoms with Crippen molar-refractivity contribution in [2.75, 3.05) is 0 Å². The molecule has 2 aromatic rings. The lowest BCUT2D eigenvalue weighted by Crippen LogP contribution is -2.09. The number of allylic oxidation sites excluding steroid dienone is 1. The third kappa shape index (κ3) is 4.64. The van der Waals surface area contributed by atoms with Crippen molar-refractivity contribution in [3.63, 3.8) is 0 Å². The quantitative estimate of drug-likeness (QED) is 0.164. The highest BCUT2D eigenvalue weighted by molar-refractivity contribution is 14.1. The fourth-order valence-electron chi connectivity index (χ4n) is 3.40. The van der Waals surface area contributed by atoms with Gasteiger partial charge in [-0.2, -0.15) is 0 Å². The van der Waals surface area contributed by atoms with Crippen molar-refractivity contribution in [2.45, 2.75) is 53.4 Å². The van der Waals surface area contributed by atoms with Crippen LogP contribution in [0.1, 0.15) is 66.1 Å². The molecule has 146 valence electrons. The van der Waals surface area contributed by atoms with E-state index in [4.69, 9.17) is 4.65 Å². The van der Waals surface area contributed by atoms with Crippen molar-refractivity contribution in [3.8, 4) is 0 Å². The van der Waals surface area contributed by atoms with Gasteiger partial charge in [0.1, 0.15) is 5.76 Å².